The number of pyridine rings is 1. The zero-order valence-corrected chi connectivity index (χ0v) is 22.8. The van der Waals surface area contributed by atoms with E-state index in [0.29, 0.717) is 30.1 Å². The van der Waals surface area contributed by atoms with Crippen LogP contribution in [0.1, 0.15) is 66.3 Å². The van der Waals surface area contributed by atoms with Gasteiger partial charge in [-0.05, 0) is 73.4 Å². The summed E-state index contributed by atoms with van der Waals surface area (Å²) in [6, 6.07) is 11.9. The first-order valence-electron chi connectivity index (χ1n) is 13.9. The van der Waals surface area contributed by atoms with Crippen molar-refractivity contribution < 1.29 is 9.18 Å². The molecule has 1 atom stereocenters. The third-order valence-corrected chi connectivity index (χ3v) is 8.48. The van der Waals surface area contributed by atoms with E-state index < -0.39 is 5.95 Å². The normalized spacial score (nSPS) is 23.1. The van der Waals surface area contributed by atoms with Crippen molar-refractivity contribution in [1.29, 1.82) is 5.26 Å². The maximum Gasteiger partial charge on any atom is 0.259 e. The maximum absolute atomic E-state index is 14.6. The molecule has 0 bridgehead atoms. The molecule has 2 aliphatic rings. The first kappa shape index (κ1) is 26.1. The van der Waals surface area contributed by atoms with Gasteiger partial charge in [-0.3, -0.25) is 14.1 Å². The summed E-state index contributed by atoms with van der Waals surface area (Å²) >= 11 is 0. The fraction of sp³-hybridized carbons (Fsp3) is 0.433. The molecule has 2 fully saturated rings. The van der Waals surface area contributed by atoms with Gasteiger partial charge >= 0.3 is 0 Å². The number of likely N-dealkylation sites (tertiary alicyclic amines) is 1. The molecular formula is C30H33FN8O. The Kier molecular flexibility index (Phi) is 6.84. The van der Waals surface area contributed by atoms with Crippen molar-refractivity contribution in [3.05, 3.63) is 77.5 Å². The molecule has 1 saturated carbocycles. The molecule has 40 heavy (non-hydrogen) atoms. The van der Waals surface area contributed by atoms with Gasteiger partial charge < -0.3 is 9.88 Å². The minimum absolute atomic E-state index is 0.286. The number of hydrogen-bond donors (Lipinski definition) is 1. The lowest BCUT2D eigenvalue weighted by atomic mass is 9.57. The first-order valence-corrected chi connectivity index (χ1v) is 13.9. The fourth-order valence-corrected chi connectivity index (χ4v) is 6.61. The lowest BCUT2D eigenvalue weighted by Crippen LogP contribution is -2.44. The van der Waals surface area contributed by atoms with E-state index in [1.807, 2.05) is 41.9 Å². The molecule has 1 saturated heterocycles. The second-order valence-corrected chi connectivity index (χ2v) is 11.5. The Bertz CT molecular complexity index is 1590. The average Bonchev–Trinajstić information content (AvgIpc) is 3.51. The molecule has 6 rings (SSSR count). The molecule has 1 N–H and O–H groups in total. The Morgan fingerprint density at radius 3 is 2.90 bits per heavy atom. The Morgan fingerprint density at radius 1 is 1.30 bits per heavy atom. The van der Waals surface area contributed by atoms with Crippen molar-refractivity contribution in [2.24, 2.45) is 18.9 Å². The number of nitrogens with one attached hydrogen (secondary N) is 1. The number of amides is 1. The summed E-state index contributed by atoms with van der Waals surface area (Å²) in [6.45, 7) is 4.88. The van der Waals surface area contributed by atoms with Crippen LogP contribution in [-0.2, 0) is 19.0 Å². The van der Waals surface area contributed by atoms with Gasteiger partial charge in [-0.25, -0.2) is 4.98 Å². The Labute approximate surface area is 232 Å². The molecule has 4 aromatic rings. The number of benzene rings is 1. The van der Waals surface area contributed by atoms with E-state index in [1.54, 1.807) is 12.5 Å². The number of imidazole rings is 1. The number of nitriles is 1. The predicted octanol–water partition coefficient (Wildman–Crippen LogP) is 4.70. The van der Waals surface area contributed by atoms with Crippen LogP contribution in [-0.4, -0.2) is 48.0 Å². The van der Waals surface area contributed by atoms with Gasteiger partial charge in [-0.1, -0.05) is 19.1 Å². The van der Waals surface area contributed by atoms with Gasteiger partial charge in [0.15, 0.2) is 5.65 Å². The van der Waals surface area contributed by atoms with Gasteiger partial charge in [-0.2, -0.15) is 9.65 Å². The molecule has 9 nitrogen and oxygen atoms in total. The summed E-state index contributed by atoms with van der Waals surface area (Å²) in [5, 5.41) is 20.8. The van der Waals surface area contributed by atoms with Crippen LogP contribution < -0.4 is 5.32 Å². The summed E-state index contributed by atoms with van der Waals surface area (Å²) in [4.78, 5) is 20.2. The molecule has 1 aliphatic carbocycles. The molecule has 206 valence electrons. The molecule has 0 radical (unpaired) electrons. The van der Waals surface area contributed by atoms with E-state index in [0.717, 1.165) is 55.5 Å². The average molecular weight is 541 g/mol. The van der Waals surface area contributed by atoms with Crippen LogP contribution >= 0.6 is 0 Å². The zero-order chi connectivity index (χ0) is 27.9. The molecule has 4 heterocycles. The van der Waals surface area contributed by atoms with E-state index in [1.165, 1.54) is 10.8 Å². The summed E-state index contributed by atoms with van der Waals surface area (Å²) < 4.78 is 17.9. The molecule has 0 unspecified atom stereocenters. The highest BCUT2D eigenvalue weighted by Crippen LogP contribution is 2.53. The number of aromatic nitrogens is 5. The van der Waals surface area contributed by atoms with Gasteiger partial charge in [0.25, 0.3) is 5.91 Å². The Balaban J connectivity index is 1.29. The summed E-state index contributed by atoms with van der Waals surface area (Å²) in [6.07, 6.45) is 9.01. The van der Waals surface area contributed by atoms with Gasteiger partial charge in [-0.15, -0.1) is 10.2 Å². The van der Waals surface area contributed by atoms with Crippen molar-refractivity contribution in [3.63, 3.8) is 0 Å². The van der Waals surface area contributed by atoms with Gasteiger partial charge in [0.05, 0.1) is 23.2 Å². The first-order chi connectivity index (χ1) is 19.4. The topological polar surface area (TPSA) is 104 Å². The standard InChI is InChI=1S/C30H33FN8O/c1-20-5-4-10-38(16-20)17-22-11-25(27-33-15-26(31)39(27)18-22)28(40)35-24-7-3-6-23(12-24)30(13-21(14-30)8-9-32)29-36-34-19-37(29)2/h3,6-7,11-12,15,18-21H,4-5,8,10,13-14,16-17H2,1-2H3,(H,35,40)/t20-,21-,30+/m0/s1. The second-order valence-electron chi connectivity index (χ2n) is 11.5. The van der Waals surface area contributed by atoms with Crippen LogP contribution in [0.2, 0.25) is 0 Å². The van der Waals surface area contributed by atoms with Crippen molar-refractivity contribution in [3.8, 4) is 6.07 Å². The van der Waals surface area contributed by atoms with Crippen molar-refractivity contribution >= 4 is 17.2 Å². The van der Waals surface area contributed by atoms with Crippen LogP contribution in [0, 0.1) is 29.1 Å². The minimum Gasteiger partial charge on any atom is -0.322 e. The molecule has 3 aromatic heterocycles. The highest BCUT2D eigenvalue weighted by molar-refractivity contribution is 6.08. The van der Waals surface area contributed by atoms with Crippen molar-refractivity contribution in [2.45, 2.75) is 51.0 Å². The molecule has 10 heteroatoms. The Hall–Kier alpha value is -4.10. The maximum atomic E-state index is 14.6. The van der Waals surface area contributed by atoms with Gasteiger partial charge in [0.2, 0.25) is 5.95 Å². The van der Waals surface area contributed by atoms with E-state index in [-0.39, 0.29) is 22.9 Å². The van der Waals surface area contributed by atoms with E-state index >= 15 is 0 Å². The molecular weight excluding hydrogens is 507 g/mol. The largest absolute Gasteiger partial charge is 0.322 e. The number of halogens is 1. The van der Waals surface area contributed by atoms with Gasteiger partial charge in [0, 0.05) is 38.4 Å². The van der Waals surface area contributed by atoms with Crippen molar-refractivity contribution in [2.75, 3.05) is 18.4 Å². The number of nitrogens with zero attached hydrogens (tertiary/aromatic N) is 7. The highest BCUT2D eigenvalue weighted by Gasteiger charge is 2.49. The molecule has 1 aromatic carbocycles. The highest BCUT2D eigenvalue weighted by atomic mass is 19.1. The second kappa shape index (κ2) is 10.5. The van der Waals surface area contributed by atoms with Crippen LogP contribution in [0.15, 0.2) is 49.1 Å². The predicted molar refractivity (Wildman–Crippen MR) is 148 cm³/mol. The molecule has 0 spiro atoms. The van der Waals surface area contributed by atoms with Crippen LogP contribution in [0.3, 0.4) is 0 Å². The third kappa shape index (κ3) is 4.75. The smallest absolute Gasteiger partial charge is 0.259 e. The zero-order valence-electron chi connectivity index (χ0n) is 22.8. The van der Waals surface area contributed by atoms with E-state index in [2.05, 4.69) is 38.4 Å². The lowest BCUT2D eigenvalue weighted by Gasteiger charge is -2.46. The number of fused-ring (bicyclic) bond motifs is 1. The van der Waals surface area contributed by atoms with Crippen LogP contribution in [0.4, 0.5) is 10.1 Å². The number of carbonyl (C=O) groups excluding carboxylic acids is 1. The number of carbonyl (C=O) groups is 1. The summed E-state index contributed by atoms with van der Waals surface area (Å²) in [7, 11) is 1.92. The summed E-state index contributed by atoms with van der Waals surface area (Å²) in [5.74, 6) is 0.912. The number of aryl methyl sites for hydroxylation is 1. The minimum atomic E-state index is -0.498. The monoisotopic (exact) mass is 540 g/mol. The van der Waals surface area contributed by atoms with Crippen LogP contribution in [0.25, 0.3) is 5.65 Å². The SMILES string of the molecule is C[C@H]1CCCN(Cc2cc(C(=O)Nc3cccc([C@]4(c5nncn5C)C[C@@H](CC#N)C4)c3)c3ncc(F)n3c2)C1. The van der Waals surface area contributed by atoms with Gasteiger partial charge in [0.1, 0.15) is 12.2 Å². The van der Waals surface area contributed by atoms with E-state index in [9.17, 15) is 14.4 Å². The summed E-state index contributed by atoms with van der Waals surface area (Å²) in [5.41, 5.74) is 2.76. The third-order valence-electron chi connectivity index (χ3n) is 8.48. The quantitative estimate of drug-likeness (QED) is 0.365. The fourth-order valence-electron chi connectivity index (χ4n) is 6.61. The lowest BCUT2D eigenvalue weighted by molar-refractivity contribution is 0.102. The number of piperidine rings is 1. The Morgan fingerprint density at radius 2 is 2.15 bits per heavy atom. The van der Waals surface area contributed by atoms with E-state index in [4.69, 9.17) is 0 Å². The number of hydrogen-bond acceptors (Lipinski definition) is 6. The number of rotatable bonds is 7. The number of anilines is 1. The molecule has 1 aliphatic heterocycles. The van der Waals surface area contributed by atoms with Crippen LogP contribution in [0.5, 0.6) is 0 Å². The van der Waals surface area contributed by atoms with Crippen molar-refractivity contribution in [1.82, 2.24) is 29.0 Å². The molecule has 1 amide bonds.